The van der Waals surface area contributed by atoms with Crippen LogP contribution in [0.4, 0.5) is 0 Å². The van der Waals surface area contributed by atoms with Crippen molar-refractivity contribution in [2.45, 2.75) is 46.2 Å². The van der Waals surface area contributed by atoms with Crippen LogP contribution in [0.2, 0.25) is 0 Å². The molecule has 1 heterocycles. The number of benzene rings is 1. The molecule has 0 atom stereocenters. The Morgan fingerprint density at radius 3 is 2.21 bits per heavy atom. The Morgan fingerprint density at radius 2 is 1.68 bits per heavy atom. The summed E-state index contributed by atoms with van der Waals surface area (Å²) < 4.78 is 0. The maximum atomic E-state index is 3.51. The molecule has 1 nitrogen and oxygen atoms in total. The van der Waals surface area contributed by atoms with Crippen LogP contribution in [0.15, 0.2) is 35.7 Å². The van der Waals surface area contributed by atoms with E-state index in [1.807, 2.05) is 11.3 Å². The van der Waals surface area contributed by atoms with Crippen LogP contribution in [0, 0.1) is 6.92 Å². The van der Waals surface area contributed by atoms with Gasteiger partial charge in [-0.15, -0.1) is 11.3 Å². The topological polar surface area (TPSA) is 12.0 Å². The average molecular weight is 273 g/mol. The molecule has 0 radical (unpaired) electrons. The number of hydrogen-bond acceptors (Lipinski definition) is 2. The highest BCUT2D eigenvalue weighted by Gasteiger charge is 2.12. The van der Waals surface area contributed by atoms with E-state index >= 15 is 0 Å². The van der Waals surface area contributed by atoms with Crippen LogP contribution in [-0.4, -0.2) is 0 Å². The summed E-state index contributed by atoms with van der Waals surface area (Å²) in [6.07, 6.45) is 0. The second-order valence-corrected chi connectivity index (χ2v) is 7.08. The summed E-state index contributed by atoms with van der Waals surface area (Å²) in [5, 5.41) is 5.67. The van der Waals surface area contributed by atoms with E-state index in [0.717, 1.165) is 13.1 Å². The van der Waals surface area contributed by atoms with Gasteiger partial charge in [0, 0.05) is 18.0 Å². The van der Waals surface area contributed by atoms with Crippen molar-refractivity contribution in [3.8, 4) is 0 Å². The van der Waals surface area contributed by atoms with Crippen LogP contribution >= 0.6 is 11.3 Å². The van der Waals surface area contributed by atoms with E-state index in [-0.39, 0.29) is 5.41 Å². The molecule has 2 rings (SSSR count). The molecular formula is C17H23NS. The number of thiophene rings is 1. The minimum absolute atomic E-state index is 0.236. The van der Waals surface area contributed by atoms with Gasteiger partial charge in [-0.1, -0.05) is 45.0 Å². The molecule has 0 aliphatic heterocycles. The molecule has 1 aromatic heterocycles. The smallest absolute Gasteiger partial charge is 0.0305 e. The lowest BCUT2D eigenvalue weighted by Gasteiger charge is -2.19. The summed E-state index contributed by atoms with van der Waals surface area (Å²) in [4.78, 5) is 1.44. The second kappa shape index (κ2) is 5.89. The van der Waals surface area contributed by atoms with Crippen molar-refractivity contribution in [3.05, 3.63) is 57.3 Å². The van der Waals surface area contributed by atoms with Gasteiger partial charge in [-0.3, -0.25) is 0 Å². The normalized spacial score (nSPS) is 11.8. The summed E-state index contributed by atoms with van der Waals surface area (Å²) >= 11 is 1.83. The predicted molar refractivity (Wildman–Crippen MR) is 84.7 cm³/mol. The lowest BCUT2D eigenvalue weighted by Crippen LogP contribution is -2.14. The fraction of sp³-hybridized carbons (Fsp3) is 0.412. The number of aryl methyl sites for hydroxylation is 1. The highest BCUT2D eigenvalue weighted by molar-refractivity contribution is 7.10. The summed E-state index contributed by atoms with van der Waals surface area (Å²) in [5.41, 5.74) is 4.37. The molecule has 0 saturated heterocycles. The molecule has 0 spiro atoms. The molecule has 0 aliphatic carbocycles. The Balaban J connectivity index is 1.89. The average Bonchev–Trinajstić information content (AvgIpc) is 2.75. The largest absolute Gasteiger partial charge is 0.308 e. The molecule has 1 aromatic carbocycles. The molecule has 2 heteroatoms. The summed E-state index contributed by atoms with van der Waals surface area (Å²) in [7, 11) is 0. The molecule has 0 aliphatic rings. The predicted octanol–water partition coefficient (Wildman–Crippen LogP) is 4.64. The molecule has 0 amide bonds. The van der Waals surface area contributed by atoms with Crippen LogP contribution in [0.5, 0.6) is 0 Å². The van der Waals surface area contributed by atoms with E-state index in [9.17, 15) is 0 Å². The van der Waals surface area contributed by atoms with Crippen molar-refractivity contribution in [2.75, 3.05) is 0 Å². The molecule has 0 unspecified atom stereocenters. The maximum absolute atomic E-state index is 3.51. The fourth-order valence-electron chi connectivity index (χ4n) is 2.03. The number of nitrogens with one attached hydrogen (secondary N) is 1. The standard InChI is InChI=1S/C17H23NS/c1-13-9-10-19-16(13)12-18-11-14-5-7-15(8-6-14)17(2,3)4/h5-10,18H,11-12H2,1-4H3. The van der Waals surface area contributed by atoms with Gasteiger partial charge in [-0.05, 0) is 40.5 Å². The monoisotopic (exact) mass is 273 g/mol. The number of hydrogen-bond donors (Lipinski definition) is 1. The zero-order valence-electron chi connectivity index (χ0n) is 12.3. The van der Waals surface area contributed by atoms with Crippen LogP contribution in [0.25, 0.3) is 0 Å². The van der Waals surface area contributed by atoms with E-state index in [4.69, 9.17) is 0 Å². The van der Waals surface area contributed by atoms with Crippen LogP contribution in [0.1, 0.15) is 42.3 Å². The summed E-state index contributed by atoms with van der Waals surface area (Å²) in [5.74, 6) is 0. The molecule has 0 saturated carbocycles. The highest BCUT2D eigenvalue weighted by Crippen LogP contribution is 2.22. The molecule has 0 fully saturated rings. The Labute approximate surface area is 120 Å². The Morgan fingerprint density at radius 1 is 1.00 bits per heavy atom. The molecule has 102 valence electrons. The summed E-state index contributed by atoms with van der Waals surface area (Å²) in [6.45, 7) is 10.8. The first-order chi connectivity index (χ1) is 8.97. The van der Waals surface area contributed by atoms with E-state index < -0.39 is 0 Å². The Kier molecular flexibility index (Phi) is 4.43. The lowest BCUT2D eigenvalue weighted by molar-refractivity contribution is 0.589. The van der Waals surface area contributed by atoms with E-state index in [1.165, 1.54) is 21.6 Å². The van der Waals surface area contributed by atoms with Crippen molar-refractivity contribution in [3.63, 3.8) is 0 Å². The highest BCUT2D eigenvalue weighted by atomic mass is 32.1. The van der Waals surface area contributed by atoms with Crippen molar-refractivity contribution < 1.29 is 0 Å². The minimum atomic E-state index is 0.236. The van der Waals surface area contributed by atoms with Crippen molar-refractivity contribution in [1.82, 2.24) is 5.32 Å². The lowest BCUT2D eigenvalue weighted by atomic mass is 9.87. The van der Waals surface area contributed by atoms with E-state index in [2.05, 4.69) is 68.7 Å². The van der Waals surface area contributed by atoms with Gasteiger partial charge >= 0.3 is 0 Å². The van der Waals surface area contributed by atoms with Gasteiger partial charge in [0.1, 0.15) is 0 Å². The van der Waals surface area contributed by atoms with Crippen molar-refractivity contribution >= 4 is 11.3 Å². The minimum Gasteiger partial charge on any atom is -0.308 e. The molecule has 2 aromatic rings. The first kappa shape index (κ1) is 14.3. The Hall–Kier alpha value is -1.12. The van der Waals surface area contributed by atoms with Gasteiger partial charge in [-0.25, -0.2) is 0 Å². The van der Waals surface area contributed by atoms with Gasteiger partial charge in [0.2, 0.25) is 0 Å². The first-order valence-corrected chi connectivity index (χ1v) is 7.68. The van der Waals surface area contributed by atoms with E-state index in [1.54, 1.807) is 0 Å². The van der Waals surface area contributed by atoms with Crippen molar-refractivity contribution in [1.29, 1.82) is 0 Å². The van der Waals surface area contributed by atoms with Crippen LogP contribution in [0.3, 0.4) is 0 Å². The van der Waals surface area contributed by atoms with E-state index in [0.29, 0.717) is 0 Å². The summed E-state index contributed by atoms with van der Waals surface area (Å²) in [6, 6.07) is 11.1. The molecular weight excluding hydrogens is 250 g/mol. The zero-order valence-corrected chi connectivity index (χ0v) is 13.1. The third kappa shape index (κ3) is 3.92. The quantitative estimate of drug-likeness (QED) is 0.855. The maximum Gasteiger partial charge on any atom is 0.0305 e. The Bertz CT molecular complexity index is 517. The van der Waals surface area contributed by atoms with Crippen LogP contribution in [-0.2, 0) is 18.5 Å². The van der Waals surface area contributed by atoms with Gasteiger partial charge < -0.3 is 5.32 Å². The van der Waals surface area contributed by atoms with Gasteiger partial charge in [0.15, 0.2) is 0 Å². The van der Waals surface area contributed by atoms with Gasteiger partial charge in [0.25, 0.3) is 0 Å². The zero-order chi connectivity index (χ0) is 13.9. The number of rotatable bonds is 4. The molecule has 0 bridgehead atoms. The van der Waals surface area contributed by atoms with Crippen molar-refractivity contribution in [2.24, 2.45) is 0 Å². The third-order valence-electron chi connectivity index (χ3n) is 3.40. The van der Waals surface area contributed by atoms with Crippen LogP contribution < -0.4 is 5.32 Å². The SMILES string of the molecule is Cc1ccsc1CNCc1ccc(C(C)(C)C)cc1. The second-order valence-electron chi connectivity index (χ2n) is 6.08. The third-order valence-corrected chi connectivity index (χ3v) is 4.43. The van der Waals surface area contributed by atoms with Gasteiger partial charge in [0.05, 0.1) is 0 Å². The first-order valence-electron chi connectivity index (χ1n) is 6.80. The molecule has 1 N–H and O–H groups in total. The van der Waals surface area contributed by atoms with Gasteiger partial charge in [-0.2, -0.15) is 0 Å². The fourth-order valence-corrected chi connectivity index (χ4v) is 2.90. The molecule has 19 heavy (non-hydrogen) atoms.